The Bertz CT molecular complexity index is 378. The molecule has 1 unspecified atom stereocenters. The zero-order chi connectivity index (χ0) is 12.3. The molecule has 0 spiro atoms. The lowest BCUT2D eigenvalue weighted by Crippen LogP contribution is -2.41. The van der Waals surface area contributed by atoms with Crippen LogP contribution in [0, 0.1) is 5.41 Å². The first kappa shape index (κ1) is 12.6. The van der Waals surface area contributed by atoms with E-state index in [1.54, 1.807) is 7.11 Å². The van der Waals surface area contributed by atoms with Gasteiger partial charge in [0, 0.05) is 23.5 Å². The van der Waals surface area contributed by atoms with Crippen molar-refractivity contribution < 1.29 is 4.74 Å². The molecule has 1 fully saturated rings. The van der Waals surface area contributed by atoms with Crippen molar-refractivity contribution in [3.63, 3.8) is 0 Å². The van der Waals surface area contributed by atoms with Gasteiger partial charge in [-0.25, -0.2) is 0 Å². The minimum Gasteiger partial charge on any atom is -0.497 e. The fourth-order valence-electron chi connectivity index (χ4n) is 2.09. The van der Waals surface area contributed by atoms with Gasteiger partial charge in [-0.2, -0.15) is 11.8 Å². The second-order valence-electron chi connectivity index (χ2n) is 5.24. The van der Waals surface area contributed by atoms with Gasteiger partial charge >= 0.3 is 0 Å². The van der Waals surface area contributed by atoms with Crippen LogP contribution in [-0.4, -0.2) is 24.7 Å². The Labute approximate surface area is 108 Å². The zero-order valence-electron chi connectivity index (χ0n) is 10.8. The van der Waals surface area contributed by atoms with Crippen LogP contribution >= 0.6 is 11.8 Å². The number of rotatable bonds is 3. The third-order valence-corrected chi connectivity index (χ3v) is 4.59. The van der Waals surface area contributed by atoms with Crippen molar-refractivity contribution in [1.29, 1.82) is 0 Å². The van der Waals surface area contributed by atoms with Gasteiger partial charge in [0.25, 0.3) is 0 Å². The number of anilines is 1. The van der Waals surface area contributed by atoms with Gasteiger partial charge in [0.1, 0.15) is 5.75 Å². The smallest absolute Gasteiger partial charge is 0.120 e. The summed E-state index contributed by atoms with van der Waals surface area (Å²) in [5, 5.41) is 3.64. The number of nitrogens with one attached hydrogen (secondary N) is 1. The molecule has 17 heavy (non-hydrogen) atoms. The van der Waals surface area contributed by atoms with E-state index in [0.29, 0.717) is 11.5 Å². The first-order valence-corrected chi connectivity index (χ1v) is 7.25. The maximum Gasteiger partial charge on any atom is 0.120 e. The van der Waals surface area contributed by atoms with Crippen molar-refractivity contribution in [2.45, 2.75) is 26.3 Å². The van der Waals surface area contributed by atoms with Crippen LogP contribution in [0.15, 0.2) is 24.3 Å². The second-order valence-corrected chi connectivity index (χ2v) is 6.39. The third-order valence-electron chi connectivity index (χ3n) is 3.53. The van der Waals surface area contributed by atoms with Gasteiger partial charge in [0.2, 0.25) is 0 Å². The first-order valence-electron chi connectivity index (χ1n) is 6.10. The van der Waals surface area contributed by atoms with E-state index in [1.165, 1.54) is 17.9 Å². The molecule has 0 amide bonds. The van der Waals surface area contributed by atoms with Crippen molar-refractivity contribution in [2.24, 2.45) is 5.41 Å². The van der Waals surface area contributed by atoms with Gasteiger partial charge in [-0.05, 0) is 29.7 Å². The van der Waals surface area contributed by atoms with E-state index in [9.17, 15) is 0 Å². The molecule has 1 saturated heterocycles. The van der Waals surface area contributed by atoms with E-state index in [1.807, 2.05) is 23.9 Å². The molecule has 94 valence electrons. The topological polar surface area (TPSA) is 21.3 Å². The van der Waals surface area contributed by atoms with E-state index in [-0.39, 0.29) is 0 Å². The lowest BCUT2D eigenvalue weighted by Gasteiger charge is -2.39. The summed E-state index contributed by atoms with van der Waals surface area (Å²) >= 11 is 2.04. The van der Waals surface area contributed by atoms with E-state index >= 15 is 0 Å². The van der Waals surface area contributed by atoms with E-state index < -0.39 is 0 Å². The number of hydrogen-bond donors (Lipinski definition) is 1. The summed E-state index contributed by atoms with van der Waals surface area (Å²) in [4.78, 5) is 0. The molecule has 1 aromatic carbocycles. The van der Waals surface area contributed by atoms with Gasteiger partial charge in [-0.3, -0.25) is 0 Å². The highest BCUT2D eigenvalue weighted by atomic mass is 32.2. The van der Waals surface area contributed by atoms with Crippen LogP contribution in [-0.2, 0) is 0 Å². The second kappa shape index (κ2) is 5.21. The third kappa shape index (κ3) is 3.09. The quantitative estimate of drug-likeness (QED) is 0.886. The van der Waals surface area contributed by atoms with Crippen LogP contribution in [0.4, 0.5) is 5.69 Å². The Morgan fingerprint density at radius 3 is 2.94 bits per heavy atom. The first-order chi connectivity index (χ1) is 8.12. The molecular weight excluding hydrogens is 230 g/mol. The average Bonchev–Trinajstić information content (AvgIpc) is 2.32. The molecule has 1 atom stereocenters. The maximum absolute atomic E-state index is 5.25. The fraction of sp³-hybridized carbons (Fsp3) is 0.571. The highest BCUT2D eigenvalue weighted by molar-refractivity contribution is 7.99. The minimum atomic E-state index is 0.369. The van der Waals surface area contributed by atoms with Crippen LogP contribution in [0.1, 0.15) is 20.3 Å². The summed E-state index contributed by atoms with van der Waals surface area (Å²) in [6.07, 6.45) is 1.28. The fourth-order valence-corrected chi connectivity index (χ4v) is 3.69. The molecule has 0 saturated carbocycles. The Kier molecular flexibility index (Phi) is 3.87. The van der Waals surface area contributed by atoms with E-state index in [0.717, 1.165) is 11.4 Å². The lowest BCUT2D eigenvalue weighted by molar-refractivity contribution is 0.305. The van der Waals surface area contributed by atoms with Crippen LogP contribution < -0.4 is 10.1 Å². The Hall–Kier alpha value is -0.830. The number of methoxy groups -OCH3 is 1. The molecule has 3 heteroatoms. The summed E-state index contributed by atoms with van der Waals surface area (Å²) in [7, 11) is 1.71. The molecule has 1 N–H and O–H groups in total. The SMILES string of the molecule is COc1cccc(NC2CSCCC2(C)C)c1. The molecule has 1 aliphatic heterocycles. The molecule has 1 aliphatic rings. The van der Waals surface area contributed by atoms with Gasteiger partial charge in [-0.15, -0.1) is 0 Å². The number of benzene rings is 1. The van der Waals surface area contributed by atoms with Gasteiger partial charge in [-0.1, -0.05) is 19.9 Å². The normalized spacial score (nSPS) is 23.1. The predicted molar refractivity (Wildman–Crippen MR) is 76.1 cm³/mol. The van der Waals surface area contributed by atoms with Crippen LogP contribution in [0.3, 0.4) is 0 Å². The predicted octanol–water partition coefficient (Wildman–Crippen LogP) is 3.64. The summed E-state index contributed by atoms with van der Waals surface area (Å²) < 4.78 is 5.25. The summed E-state index contributed by atoms with van der Waals surface area (Å²) in [6.45, 7) is 4.70. The van der Waals surface area contributed by atoms with Crippen molar-refractivity contribution in [1.82, 2.24) is 0 Å². The zero-order valence-corrected chi connectivity index (χ0v) is 11.6. The standard InChI is InChI=1S/C14H21NOS/c1-14(2)7-8-17-10-13(14)15-11-5-4-6-12(9-11)16-3/h4-6,9,13,15H,7-8,10H2,1-3H3. The maximum atomic E-state index is 5.25. The molecule has 0 aromatic heterocycles. The Morgan fingerprint density at radius 2 is 2.24 bits per heavy atom. The summed E-state index contributed by atoms with van der Waals surface area (Å²) in [5.74, 6) is 3.38. The summed E-state index contributed by atoms with van der Waals surface area (Å²) in [5.41, 5.74) is 1.53. The Balaban J connectivity index is 2.08. The Morgan fingerprint density at radius 1 is 1.41 bits per heavy atom. The van der Waals surface area contributed by atoms with Crippen molar-refractivity contribution >= 4 is 17.4 Å². The molecule has 0 aliphatic carbocycles. The van der Waals surface area contributed by atoms with E-state index in [4.69, 9.17) is 4.74 Å². The largest absolute Gasteiger partial charge is 0.497 e. The van der Waals surface area contributed by atoms with Crippen molar-refractivity contribution in [3.05, 3.63) is 24.3 Å². The highest BCUT2D eigenvalue weighted by Gasteiger charge is 2.32. The number of thioether (sulfide) groups is 1. The van der Waals surface area contributed by atoms with Gasteiger partial charge in [0.05, 0.1) is 7.11 Å². The molecule has 1 heterocycles. The molecule has 2 rings (SSSR count). The molecular formula is C14H21NOS. The van der Waals surface area contributed by atoms with Gasteiger partial charge in [0.15, 0.2) is 0 Å². The minimum absolute atomic E-state index is 0.369. The average molecular weight is 251 g/mol. The van der Waals surface area contributed by atoms with Crippen molar-refractivity contribution in [2.75, 3.05) is 23.9 Å². The van der Waals surface area contributed by atoms with E-state index in [2.05, 4.69) is 31.3 Å². The van der Waals surface area contributed by atoms with Crippen molar-refractivity contribution in [3.8, 4) is 5.75 Å². The van der Waals surface area contributed by atoms with Crippen LogP contribution in [0.5, 0.6) is 5.75 Å². The molecule has 2 nitrogen and oxygen atoms in total. The number of hydrogen-bond acceptors (Lipinski definition) is 3. The lowest BCUT2D eigenvalue weighted by atomic mass is 9.82. The highest BCUT2D eigenvalue weighted by Crippen LogP contribution is 2.36. The summed E-state index contributed by atoms with van der Waals surface area (Å²) in [6, 6.07) is 8.72. The monoisotopic (exact) mass is 251 g/mol. The van der Waals surface area contributed by atoms with Crippen LogP contribution in [0.25, 0.3) is 0 Å². The van der Waals surface area contributed by atoms with Crippen LogP contribution in [0.2, 0.25) is 0 Å². The van der Waals surface area contributed by atoms with Gasteiger partial charge < -0.3 is 10.1 Å². The molecule has 0 radical (unpaired) electrons. The molecule has 1 aromatic rings. The number of ether oxygens (including phenoxy) is 1. The molecule has 0 bridgehead atoms.